The number of carbonyl (C=O) groups excluding carboxylic acids is 1. The van der Waals surface area contributed by atoms with Crippen LogP contribution in [0, 0.1) is 11.6 Å². The zero-order valence-corrected chi connectivity index (χ0v) is 13.5. The Kier molecular flexibility index (Phi) is 5.49. The fourth-order valence-corrected chi connectivity index (χ4v) is 2.97. The molecule has 0 saturated carbocycles. The van der Waals surface area contributed by atoms with E-state index in [-0.39, 0.29) is 17.7 Å². The third kappa shape index (κ3) is 4.14. The average molecular weight is 354 g/mol. The van der Waals surface area contributed by atoms with Crippen LogP contribution in [0.4, 0.5) is 8.78 Å². The Morgan fingerprint density at radius 3 is 3.04 bits per heavy atom. The fraction of sp³-hybridized carbons (Fsp3) is 0.375. The molecular weight excluding hydrogens is 338 g/mol. The zero-order chi connectivity index (χ0) is 16.9. The molecule has 8 heteroatoms. The summed E-state index contributed by atoms with van der Waals surface area (Å²) < 4.78 is 37.4. The molecule has 24 heavy (non-hydrogen) atoms. The number of rotatable bonds is 5. The Morgan fingerprint density at radius 1 is 1.42 bits per heavy atom. The highest BCUT2D eigenvalue weighted by atomic mass is 32.1. The van der Waals surface area contributed by atoms with Crippen LogP contribution in [0.25, 0.3) is 0 Å². The van der Waals surface area contributed by atoms with E-state index >= 15 is 0 Å². The molecule has 0 bridgehead atoms. The van der Waals surface area contributed by atoms with E-state index in [0.717, 1.165) is 17.8 Å². The van der Waals surface area contributed by atoms with Gasteiger partial charge in [0.2, 0.25) is 0 Å². The van der Waals surface area contributed by atoms with Gasteiger partial charge in [-0.3, -0.25) is 4.79 Å². The third-order valence-corrected chi connectivity index (χ3v) is 4.37. The average Bonchev–Trinajstić information content (AvgIpc) is 3.10. The van der Waals surface area contributed by atoms with Crippen molar-refractivity contribution in [1.29, 1.82) is 0 Å². The predicted octanol–water partition coefficient (Wildman–Crippen LogP) is 2.53. The lowest BCUT2D eigenvalue weighted by molar-refractivity contribution is -0.0742. The van der Waals surface area contributed by atoms with Crippen LogP contribution in [0.5, 0.6) is 0 Å². The van der Waals surface area contributed by atoms with E-state index in [1.807, 2.05) is 5.38 Å². The Hall–Kier alpha value is -1.90. The molecule has 5 nitrogen and oxygen atoms in total. The second kappa shape index (κ2) is 7.78. The van der Waals surface area contributed by atoms with Crippen molar-refractivity contribution in [3.8, 4) is 0 Å². The molecule has 0 aliphatic carbocycles. The standard InChI is InChI=1S/C16H16F2N2O3S/c17-12-2-1-10(5-13(12)18)16(21)20-14-3-4-22-7-15(14)23-6-11-8-24-9-19-11/h1-2,5,8-9,14-15H,3-4,6-7H2,(H,20,21)/t14-,15-/m1/s1. The largest absolute Gasteiger partial charge is 0.379 e. The second-order valence-corrected chi connectivity index (χ2v) is 6.12. The number of nitrogens with one attached hydrogen (secondary N) is 1. The number of thiazole rings is 1. The Balaban J connectivity index is 1.62. The number of carbonyl (C=O) groups is 1. The molecule has 1 aliphatic rings. The lowest BCUT2D eigenvalue weighted by atomic mass is 10.1. The van der Waals surface area contributed by atoms with Crippen LogP contribution < -0.4 is 5.32 Å². The summed E-state index contributed by atoms with van der Waals surface area (Å²) in [5.41, 5.74) is 2.60. The predicted molar refractivity (Wildman–Crippen MR) is 83.7 cm³/mol. The SMILES string of the molecule is O=C(N[C@@H]1CCOC[C@H]1OCc1cscn1)c1ccc(F)c(F)c1. The number of hydrogen-bond donors (Lipinski definition) is 1. The summed E-state index contributed by atoms with van der Waals surface area (Å²) in [6.45, 7) is 1.18. The number of benzene rings is 1. The maximum Gasteiger partial charge on any atom is 0.251 e. The van der Waals surface area contributed by atoms with Crippen LogP contribution in [0.2, 0.25) is 0 Å². The Bertz CT molecular complexity index is 697. The van der Waals surface area contributed by atoms with Gasteiger partial charge in [0, 0.05) is 17.6 Å². The highest BCUT2D eigenvalue weighted by molar-refractivity contribution is 7.07. The van der Waals surface area contributed by atoms with E-state index in [1.54, 1.807) is 5.51 Å². The van der Waals surface area contributed by atoms with Gasteiger partial charge in [0.25, 0.3) is 5.91 Å². The van der Waals surface area contributed by atoms with E-state index < -0.39 is 17.5 Å². The van der Waals surface area contributed by atoms with Gasteiger partial charge in [-0.25, -0.2) is 13.8 Å². The van der Waals surface area contributed by atoms with Crippen molar-refractivity contribution in [2.24, 2.45) is 0 Å². The first-order valence-corrected chi connectivity index (χ1v) is 8.40. The molecule has 0 spiro atoms. The van der Waals surface area contributed by atoms with E-state index in [9.17, 15) is 13.6 Å². The molecule has 1 aromatic heterocycles. The summed E-state index contributed by atoms with van der Waals surface area (Å²) in [5.74, 6) is -2.50. The molecule has 1 saturated heterocycles. The van der Waals surface area contributed by atoms with Crippen molar-refractivity contribution in [2.45, 2.75) is 25.2 Å². The highest BCUT2D eigenvalue weighted by Crippen LogP contribution is 2.16. The second-order valence-electron chi connectivity index (χ2n) is 5.40. The number of halogens is 2. The molecule has 3 rings (SSSR count). The molecule has 128 valence electrons. The monoisotopic (exact) mass is 354 g/mol. The summed E-state index contributed by atoms with van der Waals surface area (Å²) in [4.78, 5) is 16.4. The van der Waals surface area contributed by atoms with Crippen molar-refractivity contribution in [1.82, 2.24) is 10.3 Å². The van der Waals surface area contributed by atoms with E-state index in [2.05, 4.69) is 10.3 Å². The van der Waals surface area contributed by atoms with Gasteiger partial charge in [-0.1, -0.05) is 0 Å². The van der Waals surface area contributed by atoms with Crippen LogP contribution in [0.1, 0.15) is 22.5 Å². The van der Waals surface area contributed by atoms with Gasteiger partial charge in [-0.05, 0) is 24.6 Å². The van der Waals surface area contributed by atoms with Crippen LogP contribution >= 0.6 is 11.3 Å². The minimum absolute atomic E-state index is 0.0682. The van der Waals surface area contributed by atoms with Crippen LogP contribution in [-0.2, 0) is 16.1 Å². The number of hydrogen-bond acceptors (Lipinski definition) is 5. The van der Waals surface area contributed by atoms with Crippen LogP contribution in [-0.4, -0.2) is 36.3 Å². The van der Waals surface area contributed by atoms with E-state index in [0.29, 0.717) is 26.2 Å². The first-order chi connectivity index (χ1) is 11.6. The van der Waals surface area contributed by atoms with Gasteiger partial charge in [-0.2, -0.15) is 0 Å². The summed E-state index contributed by atoms with van der Waals surface area (Å²) in [5, 5.41) is 4.70. The molecule has 0 unspecified atom stereocenters. The minimum atomic E-state index is -1.05. The van der Waals surface area contributed by atoms with Crippen molar-refractivity contribution < 1.29 is 23.0 Å². The maximum absolute atomic E-state index is 13.3. The van der Waals surface area contributed by atoms with Crippen molar-refractivity contribution in [3.05, 3.63) is 52.0 Å². The topological polar surface area (TPSA) is 60.5 Å². The molecule has 1 aliphatic heterocycles. The maximum atomic E-state index is 13.3. The van der Waals surface area contributed by atoms with Gasteiger partial charge >= 0.3 is 0 Å². The fourth-order valence-electron chi connectivity index (χ4n) is 2.43. The summed E-state index contributed by atoms with van der Waals surface area (Å²) in [7, 11) is 0. The van der Waals surface area contributed by atoms with Gasteiger partial charge < -0.3 is 14.8 Å². The Labute approximate surface area is 141 Å². The third-order valence-electron chi connectivity index (χ3n) is 3.73. The lowest BCUT2D eigenvalue weighted by Crippen LogP contribution is -2.50. The molecule has 2 aromatic rings. The molecule has 1 amide bonds. The van der Waals surface area contributed by atoms with Crippen molar-refractivity contribution >= 4 is 17.2 Å². The molecular formula is C16H16F2N2O3S. The summed E-state index contributed by atoms with van der Waals surface area (Å²) in [6, 6.07) is 2.80. The quantitative estimate of drug-likeness (QED) is 0.896. The van der Waals surface area contributed by atoms with Gasteiger partial charge in [-0.15, -0.1) is 11.3 Å². The van der Waals surface area contributed by atoms with E-state index in [4.69, 9.17) is 9.47 Å². The summed E-state index contributed by atoms with van der Waals surface area (Å²) >= 11 is 1.48. The Morgan fingerprint density at radius 2 is 2.29 bits per heavy atom. The minimum Gasteiger partial charge on any atom is -0.379 e. The molecule has 1 N–H and O–H groups in total. The van der Waals surface area contributed by atoms with Gasteiger partial charge in [0.15, 0.2) is 11.6 Å². The first-order valence-electron chi connectivity index (χ1n) is 7.46. The number of ether oxygens (including phenoxy) is 2. The van der Waals surface area contributed by atoms with E-state index in [1.165, 1.54) is 17.4 Å². The zero-order valence-electron chi connectivity index (χ0n) is 12.7. The summed E-state index contributed by atoms with van der Waals surface area (Å²) in [6.07, 6.45) is 0.256. The van der Waals surface area contributed by atoms with Crippen LogP contribution in [0.15, 0.2) is 29.1 Å². The number of aromatic nitrogens is 1. The highest BCUT2D eigenvalue weighted by Gasteiger charge is 2.28. The number of nitrogens with zero attached hydrogens (tertiary/aromatic N) is 1. The van der Waals surface area contributed by atoms with Crippen molar-refractivity contribution in [2.75, 3.05) is 13.2 Å². The molecule has 1 aromatic carbocycles. The molecule has 0 radical (unpaired) electrons. The normalized spacial score (nSPS) is 20.8. The first kappa shape index (κ1) is 16.9. The number of amides is 1. The molecule has 1 fully saturated rings. The van der Waals surface area contributed by atoms with Gasteiger partial charge in [0.05, 0.1) is 30.5 Å². The van der Waals surface area contributed by atoms with Crippen LogP contribution in [0.3, 0.4) is 0 Å². The lowest BCUT2D eigenvalue weighted by Gasteiger charge is -2.32. The molecule has 2 atom stereocenters. The van der Waals surface area contributed by atoms with Crippen molar-refractivity contribution in [3.63, 3.8) is 0 Å². The smallest absolute Gasteiger partial charge is 0.251 e. The van der Waals surface area contributed by atoms with Gasteiger partial charge in [0.1, 0.15) is 6.10 Å². The molecule has 2 heterocycles.